The number of esters is 1. The number of allylic oxidation sites excluding steroid dienone is 1. The smallest absolute Gasteiger partial charge is 0.344 e. The minimum absolute atomic E-state index is 0.205. The zero-order valence-corrected chi connectivity index (χ0v) is 19.9. The molecule has 0 saturated carbocycles. The van der Waals surface area contributed by atoms with E-state index in [0.29, 0.717) is 28.7 Å². The molecular weight excluding hydrogens is 527 g/mol. The average Bonchev–Trinajstić information content (AvgIpc) is 3.27. The van der Waals surface area contributed by atoms with Gasteiger partial charge >= 0.3 is 5.97 Å². The predicted molar refractivity (Wildman–Crippen MR) is 129 cm³/mol. The highest BCUT2D eigenvalue weighted by Crippen LogP contribution is 2.31. The lowest BCUT2D eigenvalue weighted by molar-refractivity contribution is -0.145. The van der Waals surface area contributed by atoms with Crippen LogP contribution in [0.3, 0.4) is 0 Å². The molecule has 3 rings (SSSR count). The zero-order chi connectivity index (χ0) is 22.2. The lowest BCUT2D eigenvalue weighted by Crippen LogP contribution is -2.14. The van der Waals surface area contributed by atoms with Gasteiger partial charge in [0.25, 0.3) is 0 Å². The Morgan fingerprint density at radius 1 is 1.23 bits per heavy atom. The molecule has 0 amide bonds. The maximum atomic E-state index is 11.5. The molecule has 1 aromatic heterocycles. The predicted octanol–water partition coefficient (Wildman–Crippen LogP) is 5.43. The fourth-order valence-corrected chi connectivity index (χ4v) is 3.85. The van der Waals surface area contributed by atoms with Crippen molar-refractivity contribution in [3.8, 4) is 28.8 Å². The molecule has 1 heterocycles. The summed E-state index contributed by atoms with van der Waals surface area (Å²) in [7, 11) is 1.51. The van der Waals surface area contributed by atoms with Crippen molar-refractivity contribution in [2.45, 2.75) is 6.92 Å². The van der Waals surface area contributed by atoms with Crippen LogP contribution < -0.4 is 9.47 Å². The Kier molecular flexibility index (Phi) is 8.03. The monoisotopic (exact) mass is 546 g/mol. The number of methoxy groups -OCH3 is 1. The molecule has 31 heavy (non-hydrogen) atoms. The molecule has 0 spiro atoms. The molecule has 0 aliphatic carbocycles. The Morgan fingerprint density at radius 3 is 2.68 bits per heavy atom. The van der Waals surface area contributed by atoms with Gasteiger partial charge in [-0.05, 0) is 65.4 Å². The van der Waals surface area contributed by atoms with Gasteiger partial charge in [0.05, 0.1) is 25.0 Å². The number of aromatic nitrogens is 1. The standard InChI is InChI=1S/C23H19IN2O4S/c1-3-29-22(27)13-30-20-9-4-15(11-21(20)28-2)10-17(12-25)23-26-19(14-31-23)16-5-7-18(24)8-6-16/h4-11,14H,3,13H2,1-2H3/b17-10+. The van der Waals surface area contributed by atoms with E-state index in [9.17, 15) is 10.1 Å². The Balaban J connectivity index is 1.81. The Bertz CT molecular complexity index is 1130. The number of ether oxygens (including phenoxy) is 3. The lowest BCUT2D eigenvalue weighted by Gasteiger charge is -2.11. The van der Waals surface area contributed by atoms with Crippen LogP contribution in [0.1, 0.15) is 17.5 Å². The van der Waals surface area contributed by atoms with E-state index < -0.39 is 5.97 Å². The highest BCUT2D eigenvalue weighted by atomic mass is 127. The number of benzene rings is 2. The second-order valence-corrected chi connectivity index (χ2v) is 8.32. The number of halogens is 1. The molecule has 0 saturated heterocycles. The third-order valence-corrected chi connectivity index (χ3v) is 5.74. The maximum Gasteiger partial charge on any atom is 0.344 e. The zero-order valence-electron chi connectivity index (χ0n) is 16.9. The van der Waals surface area contributed by atoms with Crippen LogP contribution in [0.15, 0.2) is 47.8 Å². The van der Waals surface area contributed by atoms with Crippen molar-refractivity contribution in [1.29, 1.82) is 5.26 Å². The first-order chi connectivity index (χ1) is 15.0. The SMILES string of the molecule is CCOC(=O)COc1ccc(/C=C(\C#N)c2nc(-c3ccc(I)cc3)cs2)cc1OC. The first-order valence-corrected chi connectivity index (χ1v) is 11.3. The molecule has 0 radical (unpaired) electrons. The van der Waals surface area contributed by atoms with Gasteiger partial charge in [-0.1, -0.05) is 18.2 Å². The van der Waals surface area contributed by atoms with E-state index in [1.54, 1.807) is 31.2 Å². The van der Waals surface area contributed by atoms with Crippen molar-refractivity contribution in [1.82, 2.24) is 4.98 Å². The summed E-state index contributed by atoms with van der Waals surface area (Å²) in [4.78, 5) is 16.1. The van der Waals surface area contributed by atoms with E-state index in [2.05, 4.69) is 33.6 Å². The van der Waals surface area contributed by atoms with E-state index in [0.717, 1.165) is 20.4 Å². The van der Waals surface area contributed by atoms with E-state index in [-0.39, 0.29) is 6.61 Å². The Labute approximate surface area is 198 Å². The second-order valence-electron chi connectivity index (χ2n) is 6.22. The molecule has 0 N–H and O–H groups in total. The summed E-state index contributed by atoms with van der Waals surface area (Å²) in [6, 6.07) is 15.5. The van der Waals surface area contributed by atoms with Crippen molar-refractivity contribution in [3.63, 3.8) is 0 Å². The molecule has 0 atom stereocenters. The van der Waals surface area contributed by atoms with E-state index in [4.69, 9.17) is 14.2 Å². The molecule has 0 aliphatic heterocycles. The summed E-state index contributed by atoms with van der Waals surface area (Å²) in [5, 5.41) is 12.3. The minimum Gasteiger partial charge on any atom is -0.493 e. The Hall–Kier alpha value is -2.90. The fourth-order valence-electron chi connectivity index (χ4n) is 2.69. The number of carbonyl (C=O) groups is 1. The molecule has 0 unspecified atom stereocenters. The summed E-state index contributed by atoms with van der Waals surface area (Å²) in [6.07, 6.45) is 1.74. The largest absolute Gasteiger partial charge is 0.493 e. The molecule has 0 aliphatic rings. The van der Waals surface area contributed by atoms with Crippen molar-refractivity contribution in [2.75, 3.05) is 20.3 Å². The quantitative estimate of drug-likeness (QED) is 0.213. The minimum atomic E-state index is -0.451. The van der Waals surface area contributed by atoms with Gasteiger partial charge in [-0.3, -0.25) is 0 Å². The summed E-state index contributed by atoms with van der Waals surface area (Å²) in [5.74, 6) is 0.420. The van der Waals surface area contributed by atoms with Crippen molar-refractivity contribution < 1.29 is 19.0 Å². The molecule has 6 nitrogen and oxygen atoms in total. The number of thiazole rings is 1. The molecule has 2 aromatic carbocycles. The van der Waals surface area contributed by atoms with Crippen LogP contribution in [-0.4, -0.2) is 31.3 Å². The van der Waals surface area contributed by atoms with Gasteiger partial charge in [-0.15, -0.1) is 11.3 Å². The van der Waals surface area contributed by atoms with Gasteiger partial charge in [-0.2, -0.15) is 5.26 Å². The van der Waals surface area contributed by atoms with E-state index >= 15 is 0 Å². The van der Waals surface area contributed by atoms with E-state index in [1.807, 2.05) is 29.6 Å². The van der Waals surface area contributed by atoms with Crippen LogP contribution in [-0.2, 0) is 9.53 Å². The van der Waals surface area contributed by atoms with Crippen LogP contribution in [0.25, 0.3) is 22.9 Å². The van der Waals surface area contributed by atoms with Crippen LogP contribution in [0, 0.1) is 14.9 Å². The first kappa shape index (κ1) is 22.8. The number of carbonyl (C=O) groups excluding carboxylic acids is 1. The molecule has 158 valence electrons. The van der Waals surface area contributed by atoms with E-state index in [1.165, 1.54) is 18.4 Å². The van der Waals surface area contributed by atoms with Gasteiger partial charge in [-0.25, -0.2) is 9.78 Å². The number of hydrogen-bond donors (Lipinski definition) is 0. The van der Waals surface area contributed by atoms with Crippen molar-refractivity contribution >= 4 is 51.5 Å². The van der Waals surface area contributed by atoms with Gasteiger partial charge in [0, 0.05) is 14.5 Å². The summed E-state index contributed by atoms with van der Waals surface area (Å²) < 4.78 is 16.9. The van der Waals surface area contributed by atoms with Gasteiger partial charge in [0.2, 0.25) is 0 Å². The van der Waals surface area contributed by atoms with Gasteiger partial charge in [0.15, 0.2) is 18.1 Å². The molecule has 8 heteroatoms. The third-order valence-electron chi connectivity index (χ3n) is 4.14. The lowest BCUT2D eigenvalue weighted by atomic mass is 10.1. The number of nitriles is 1. The summed E-state index contributed by atoms with van der Waals surface area (Å²) in [5.41, 5.74) is 3.04. The van der Waals surface area contributed by atoms with Gasteiger partial charge < -0.3 is 14.2 Å². The fraction of sp³-hybridized carbons (Fsp3) is 0.174. The molecule has 0 fully saturated rings. The van der Waals surface area contributed by atoms with Crippen LogP contribution in [0.4, 0.5) is 0 Å². The van der Waals surface area contributed by atoms with Gasteiger partial charge in [0.1, 0.15) is 11.1 Å². The molecule has 3 aromatic rings. The number of rotatable bonds is 8. The average molecular weight is 546 g/mol. The highest BCUT2D eigenvalue weighted by molar-refractivity contribution is 14.1. The van der Waals surface area contributed by atoms with Crippen LogP contribution in [0.5, 0.6) is 11.5 Å². The molecular formula is C23H19IN2O4S. The maximum absolute atomic E-state index is 11.5. The molecule has 0 bridgehead atoms. The summed E-state index contributed by atoms with van der Waals surface area (Å²) in [6.45, 7) is 1.82. The third kappa shape index (κ3) is 6.06. The topological polar surface area (TPSA) is 81.4 Å². The first-order valence-electron chi connectivity index (χ1n) is 9.34. The van der Waals surface area contributed by atoms with Crippen molar-refractivity contribution in [3.05, 3.63) is 62.0 Å². The second kappa shape index (κ2) is 10.9. The normalized spacial score (nSPS) is 11.0. The van der Waals surface area contributed by atoms with Crippen LogP contribution >= 0.6 is 33.9 Å². The van der Waals surface area contributed by atoms with Crippen LogP contribution in [0.2, 0.25) is 0 Å². The number of nitrogens with zero attached hydrogens (tertiary/aromatic N) is 2. The number of hydrogen-bond acceptors (Lipinski definition) is 7. The summed E-state index contributed by atoms with van der Waals surface area (Å²) >= 11 is 3.68. The highest BCUT2D eigenvalue weighted by Gasteiger charge is 2.12. The Morgan fingerprint density at radius 2 is 2.00 bits per heavy atom. The van der Waals surface area contributed by atoms with Crippen molar-refractivity contribution in [2.24, 2.45) is 0 Å².